The summed E-state index contributed by atoms with van der Waals surface area (Å²) < 4.78 is 5.41. The van der Waals surface area contributed by atoms with Crippen molar-refractivity contribution in [2.24, 2.45) is 0 Å². The van der Waals surface area contributed by atoms with Crippen molar-refractivity contribution in [1.29, 1.82) is 0 Å². The van der Waals surface area contributed by atoms with Crippen molar-refractivity contribution < 1.29 is 9.53 Å². The van der Waals surface area contributed by atoms with E-state index in [1.807, 2.05) is 30.5 Å². The molecule has 0 saturated heterocycles. The first kappa shape index (κ1) is 24.2. The fourth-order valence-electron chi connectivity index (χ4n) is 4.32. The van der Waals surface area contributed by atoms with E-state index in [1.54, 1.807) is 19.4 Å². The normalized spacial score (nSPS) is 12.1. The number of fused-ring (bicyclic) bond motifs is 1. The van der Waals surface area contributed by atoms with Crippen LogP contribution in [-0.2, 0) is 11.2 Å². The molecule has 3 aromatic carbocycles. The molecular formula is C31H32N2O2. The summed E-state index contributed by atoms with van der Waals surface area (Å²) in [7, 11) is 1.68. The number of carbonyl (C=O) groups excluding carboxylic acids is 1. The number of hydrogen-bond donors (Lipinski definition) is 1. The molecule has 4 heteroatoms. The Bertz CT molecular complexity index is 1310. The van der Waals surface area contributed by atoms with Gasteiger partial charge in [-0.05, 0) is 90.4 Å². The third-order valence-corrected chi connectivity index (χ3v) is 6.23. The van der Waals surface area contributed by atoms with Gasteiger partial charge >= 0.3 is 0 Å². The van der Waals surface area contributed by atoms with E-state index < -0.39 is 0 Å². The number of benzene rings is 3. The lowest BCUT2D eigenvalue weighted by molar-refractivity contribution is -0.117. The first-order chi connectivity index (χ1) is 17.0. The Labute approximate surface area is 207 Å². The van der Waals surface area contributed by atoms with E-state index in [9.17, 15) is 4.79 Å². The van der Waals surface area contributed by atoms with E-state index in [2.05, 4.69) is 72.7 Å². The van der Waals surface area contributed by atoms with Crippen molar-refractivity contribution in [3.8, 4) is 16.9 Å². The summed E-state index contributed by atoms with van der Waals surface area (Å²) in [5.74, 6) is 0.746. The number of hydrogen-bond acceptors (Lipinski definition) is 3. The van der Waals surface area contributed by atoms with Gasteiger partial charge in [0.1, 0.15) is 5.75 Å². The van der Waals surface area contributed by atoms with E-state index in [0.717, 1.165) is 52.5 Å². The SMILES string of the molecule is COc1ccc2c(-c3ccc(C)cc3)c(C=CC(=O)N[C@H](C)CCCc3cccnc3)ccc2c1. The maximum absolute atomic E-state index is 12.7. The maximum Gasteiger partial charge on any atom is 0.244 e. The van der Waals surface area contributed by atoms with Crippen LogP contribution in [0.5, 0.6) is 5.75 Å². The van der Waals surface area contributed by atoms with Gasteiger partial charge < -0.3 is 10.1 Å². The number of methoxy groups -OCH3 is 1. The summed E-state index contributed by atoms with van der Waals surface area (Å²) in [5.41, 5.74) is 5.67. The number of aromatic nitrogens is 1. The molecule has 178 valence electrons. The van der Waals surface area contributed by atoms with Gasteiger partial charge in [0.15, 0.2) is 0 Å². The molecule has 1 N–H and O–H groups in total. The highest BCUT2D eigenvalue weighted by molar-refractivity contribution is 6.02. The van der Waals surface area contributed by atoms with Crippen LogP contribution >= 0.6 is 0 Å². The summed E-state index contributed by atoms with van der Waals surface area (Å²) >= 11 is 0. The van der Waals surface area contributed by atoms with Gasteiger partial charge in [-0.25, -0.2) is 0 Å². The zero-order valence-electron chi connectivity index (χ0n) is 20.6. The molecule has 0 fully saturated rings. The predicted molar refractivity (Wildman–Crippen MR) is 144 cm³/mol. The van der Waals surface area contributed by atoms with Gasteiger partial charge in [-0.3, -0.25) is 9.78 Å². The molecule has 1 aromatic heterocycles. The number of ether oxygens (including phenoxy) is 1. The summed E-state index contributed by atoms with van der Waals surface area (Å²) in [6, 6.07) is 22.9. The van der Waals surface area contributed by atoms with Crippen molar-refractivity contribution in [2.75, 3.05) is 7.11 Å². The smallest absolute Gasteiger partial charge is 0.244 e. The molecule has 35 heavy (non-hydrogen) atoms. The molecule has 0 unspecified atom stereocenters. The minimum Gasteiger partial charge on any atom is -0.497 e. The molecule has 4 rings (SSSR count). The number of rotatable bonds is 9. The highest BCUT2D eigenvalue weighted by atomic mass is 16.5. The topological polar surface area (TPSA) is 51.2 Å². The summed E-state index contributed by atoms with van der Waals surface area (Å²) in [4.78, 5) is 16.8. The number of pyridine rings is 1. The van der Waals surface area contributed by atoms with Crippen LogP contribution in [0.2, 0.25) is 0 Å². The lowest BCUT2D eigenvalue weighted by Gasteiger charge is -2.14. The zero-order chi connectivity index (χ0) is 24.6. The number of aryl methyl sites for hydroxylation is 2. The molecule has 0 aliphatic carbocycles. The molecule has 0 bridgehead atoms. The molecule has 1 amide bonds. The Balaban J connectivity index is 1.50. The van der Waals surface area contributed by atoms with Gasteiger partial charge in [0.2, 0.25) is 5.91 Å². The highest BCUT2D eigenvalue weighted by Gasteiger charge is 2.11. The van der Waals surface area contributed by atoms with Crippen molar-refractivity contribution >= 4 is 22.8 Å². The molecule has 0 radical (unpaired) electrons. The second-order valence-electron chi connectivity index (χ2n) is 8.98. The van der Waals surface area contributed by atoms with Crippen molar-refractivity contribution in [3.05, 3.63) is 102 Å². The van der Waals surface area contributed by atoms with Crippen LogP contribution in [0, 0.1) is 6.92 Å². The van der Waals surface area contributed by atoms with E-state index >= 15 is 0 Å². The van der Waals surface area contributed by atoms with Crippen molar-refractivity contribution in [1.82, 2.24) is 10.3 Å². The Kier molecular flexibility index (Phi) is 7.94. The Morgan fingerprint density at radius 3 is 2.66 bits per heavy atom. The molecule has 4 nitrogen and oxygen atoms in total. The lowest BCUT2D eigenvalue weighted by atomic mass is 9.92. The number of carbonyl (C=O) groups is 1. The van der Waals surface area contributed by atoms with E-state index in [-0.39, 0.29) is 11.9 Å². The van der Waals surface area contributed by atoms with Crippen molar-refractivity contribution in [3.63, 3.8) is 0 Å². The molecule has 0 spiro atoms. The van der Waals surface area contributed by atoms with E-state index in [1.165, 1.54) is 11.1 Å². The quantitative estimate of drug-likeness (QED) is 0.278. The highest BCUT2D eigenvalue weighted by Crippen LogP contribution is 2.35. The minimum atomic E-state index is -0.0800. The molecular weight excluding hydrogens is 432 g/mol. The molecule has 0 saturated carbocycles. The predicted octanol–water partition coefficient (Wildman–Crippen LogP) is 6.76. The Hall–Kier alpha value is -3.92. The van der Waals surface area contributed by atoms with E-state index in [4.69, 9.17) is 4.74 Å². The Morgan fingerprint density at radius 1 is 1.09 bits per heavy atom. The largest absolute Gasteiger partial charge is 0.497 e. The maximum atomic E-state index is 12.7. The fraction of sp³-hybridized carbons (Fsp3) is 0.226. The van der Waals surface area contributed by atoms with Crippen LogP contribution in [-0.4, -0.2) is 24.0 Å². The summed E-state index contributed by atoms with van der Waals surface area (Å²) in [5, 5.41) is 5.32. The van der Waals surface area contributed by atoms with Gasteiger partial charge in [-0.2, -0.15) is 0 Å². The second-order valence-corrected chi connectivity index (χ2v) is 8.98. The van der Waals surface area contributed by atoms with Gasteiger partial charge in [0, 0.05) is 24.5 Å². The summed E-state index contributed by atoms with van der Waals surface area (Å²) in [6.45, 7) is 4.14. The first-order valence-electron chi connectivity index (χ1n) is 12.1. The number of amides is 1. The average Bonchev–Trinajstić information content (AvgIpc) is 2.88. The molecule has 1 atom stereocenters. The zero-order valence-corrected chi connectivity index (χ0v) is 20.6. The van der Waals surface area contributed by atoms with Gasteiger partial charge in [0.25, 0.3) is 0 Å². The van der Waals surface area contributed by atoms with Gasteiger partial charge in [-0.15, -0.1) is 0 Å². The van der Waals surface area contributed by atoms with E-state index in [0.29, 0.717) is 0 Å². The van der Waals surface area contributed by atoms with Crippen LogP contribution < -0.4 is 10.1 Å². The monoisotopic (exact) mass is 464 g/mol. The standard InChI is InChI=1S/C31H32N2O2/c1-22-9-11-25(12-10-22)31-26(13-14-27-20-28(35-3)16-17-29(27)31)15-18-30(34)33-23(2)6-4-7-24-8-5-19-32-21-24/h5,8-21,23H,4,6-7H2,1-3H3,(H,33,34)/t23-/m1/s1. The van der Waals surface area contributed by atoms with Crippen LogP contribution in [0.1, 0.15) is 36.5 Å². The molecule has 1 heterocycles. The molecule has 4 aromatic rings. The Morgan fingerprint density at radius 2 is 1.91 bits per heavy atom. The van der Waals surface area contributed by atoms with Crippen molar-refractivity contribution in [2.45, 2.75) is 39.2 Å². The minimum absolute atomic E-state index is 0.0800. The van der Waals surface area contributed by atoms with Crippen LogP contribution in [0.4, 0.5) is 0 Å². The van der Waals surface area contributed by atoms with Gasteiger partial charge in [0.05, 0.1) is 7.11 Å². The molecule has 0 aliphatic heterocycles. The fourth-order valence-corrected chi connectivity index (χ4v) is 4.32. The van der Waals surface area contributed by atoms with Gasteiger partial charge in [-0.1, -0.05) is 54.1 Å². The number of nitrogens with one attached hydrogen (secondary N) is 1. The van der Waals surface area contributed by atoms with Crippen LogP contribution in [0.25, 0.3) is 28.0 Å². The molecule has 0 aliphatic rings. The lowest BCUT2D eigenvalue weighted by Crippen LogP contribution is -2.31. The summed E-state index contributed by atoms with van der Waals surface area (Å²) in [6.07, 6.45) is 10.1. The second kappa shape index (κ2) is 11.5. The third-order valence-electron chi connectivity index (χ3n) is 6.23. The van der Waals surface area contributed by atoms with Crippen LogP contribution in [0.15, 0.2) is 85.2 Å². The van der Waals surface area contributed by atoms with Crippen LogP contribution in [0.3, 0.4) is 0 Å². The number of nitrogens with zero attached hydrogens (tertiary/aromatic N) is 1. The third kappa shape index (κ3) is 6.36. The first-order valence-corrected chi connectivity index (χ1v) is 12.1. The average molecular weight is 465 g/mol.